The van der Waals surface area contributed by atoms with Gasteiger partial charge >= 0.3 is 0 Å². The second-order valence-electron chi connectivity index (χ2n) is 3.14. The van der Waals surface area contributed by atoms with Gasteiger partial charge in [0.15, 0.2) is 9.84 Å². The van der Waals surface area contributed by atoms with Crippen molar-refractivity contribution in [2.45, 2.75) is 11.8 Å². The Morgan fingerprint density at radius 3 is 2.69 bits per heavy atom. The van der Waals surface area contributed by atoms with E-state index in [2.05, 4.69) is 0 Å². The number of ether oxygens (including phenoxy) is 1. The summed E-state index contributed by atoms with van der Waals surface area (Å²) in [6.07, 6.45) is 0. The van der Waals surface area contributed by atoms with E-state index in [1.807, 2.05) is 0 Å². The average molecular weight is 247 g/mol. The fourth-order valence-electron chi connectivity index (χ4n) is 1.25. The van der Waals surface area contributed by atoms with E-state index in [1.54, 1.807) is 13.0 Å². The van der Waals surface area contributed by atoms with Crippen LogP contribution in [0.3, 0.4) is 0 Å². The quantitative estimate of drug-likeness (QED) is 0.799. The summed E-state index contributed by atoms with van der Waals surface area (Å²) in [7, 11) is -3.66. The summed E-state index contributed by atoms with van der Waals surface area (Å²) in [4.78, 5) is -0.0731. The molecule has 1 aromatic carbocycles. The van der Waals surface area contributed by atoms with Crippen molar-refractivity contribution in [2.24, 2.45) is 0 Å². The number of benzene rings is 1. The molecule has 1 aromatic rings. The number of sulfone groups is 1. The molecule has 0 spiro atoms. The molecular weight excluding hydrogens is 233 g/mol. The van der Waals surface area contributed by atoms with Gasteiger partial charge in [-0.3, -0.25) is 0 Å². The Labute approximate surface area is 94.1 Å². The fraction of sp³-hybridized carbons (Fsp3) is 0.400. The Hall–Kier alpha value is -1.30. The summed E-state index contributed by atoms with van der Waals surface area (Å²) in [5.41, 5.74) is 5.65. The van der Waals surface area contributed by atoms with Gasteiger partial charge in [-0.15, -0.1) is 0 Å². The number of alkyl halides is 1. The van der Waals surface area contributed by atoms with E-state index >= 15 is 0 Å². The van der Waals surface area contributed by atoms with Crippen molar-refractivity contribution < 1.29 is 17.5 Å². The van der Waals surface area contributed by atoms with Crippen molar-refractivity contribution in [3.05, 3.63) is 18.2 Å². The van der Waals surface area contributed by atoms with Gasteiger partial charge in [0, 0.05) is 6.07 Å². The van der Waals surface area contributed by atoms with Crippen molar-refractivity contribution in [2.75, 3.05) is 24.8 Å². The molecule has 0 saturated carbocycles. The highest BCUT2D eigenvalue weighted by Crippen LogP contribution is 2.25. The highest BCUT2D eigenvalue weighted by atomic mass is 32.2. The van der Waals surface area contributed by atoms with Crippen LogP contribution >= 0.6 is 0 Å². The first kappa shape index (κ1) is 12.8. The molecule has 0 unspecified atom stereocenters. The smallest absolute Gasteiger partial charge is 0.183 e. The summed E-state index contributed by atoms with van der Waals surface area (Å²) in [5.74, 6) is -0.151. The van der Waals surface area contributed by atoms with Gasteiger partial charge in [0.25, 0.3) is 0 Å². The van der Waals surface area contributed by atoms with E-state index in [4.69, 9.17) is 10.5 Å². The second-order valence-corrected chi connectivity index (χ2v) is 5.22. The lowest BCUT2D eigenvalue weighted by Gasteiger charge is -2.09. The van der Waals surface area contributed by atoms with Crippen molar-refractivity contribution >= 4 is 15.5 Å². The summed E-state index contributed by atoms with van der Waals surface area (Å²) in [5, 5.41) is 0. The molecule has 0 radical (unpaired) electrons. The molecule has 0 saturated heterocycles. The van der Waals surface area contributed by atoms with Crippen LogP contribution in [0.2, 0.25) is 0 Å². The molecule has 0 fully saturated rings. The molecule has 0 bridgehead atoms. The molecule has 0 atom stereocenters. The number of rotatable bonds is 5. The fourth-order valence-corrected chi connectivity index (χ4v) is 2.40. The Kier molecular flexibility index (Phi) is 4.12. The van der Waals surface area contributed by atoms with Gasteiger partial charge < -0.3 is 10.5 Å². The number of hydrogen-bond acceptors (Lipinski definition) is 4. The highest BCUT2D eigenvalue weighted by Gasteiger charge is 2.18. The van der Waals surface area contributed by atoms with Crippen molar-refractivity contribution in [3.8, 4) is 5.75 Å². The van der Waals surface area contributed by atoms with E-state index in [-0.39, 0.29) is 10.6 Å². The Morgan fingerprint density at radius 2 is 2.12 bits per heavy atom. The van der Waals surface area contributed by atoms with Crippen LogP contribution in [-0.2, 0) is 9.84 Å². The standard InChI is InChI=1S/C10H14FNO3S/c1-2-15-8-3-4-9(12)10(7-8)16(13,14)6-5-11/h3-4,7H,2,5-6,12H2,1H3. The number of hydrogen-bond donors (Lipinski definition) is 1. The largest absolute Gasteiger partial charge is 0.494 e. The van der Waals surface area contributed by atoms with Crippen LogP contribution in [0.1, 0.15) is 6.92 Å². The second kappa shape index (κ2) is 5.16. The van der Waals surface area contributed by atoms with Crippen LogP contribution < -0.4 is 10.5 Å². The lowest BCUT2D eigenvalue weighted by atomic mass is 10.3. The molecular formula is C10H14FNO3S. The van der Waals surface area contributed by atoms with Crippen LogP contribution in [0, 0.1) is 0 Å². The maximum atomic E-state index is 12.1. The van der Waals surface area contributed by atoms with E-state index in [0.717, 1.165) is 0 Å². The Bertz CT molecular complexity index is 459. The normalized spacial score (nSPS) is 11.4. The van der Waals surface area contributed by atoms with Crippen molar-refractivity contribution in [3.63, 3.8) is 0 Å². The first-order chi connectivity index (χ1) is 7.51. The molecule has 0 aliphatic rings. The third-order valence-corrected chi connectivity index (χ3v) is 3.69. The molecule has 6 heteroatoms. The summed E-state index contributed by atoms with van der Waals surface area (Å²) >= 11 is 0. The zero-order valence-corrected chi connectivity index (χ0v) is 9.76. The van der Waals surface area contributed by atoms with Crippen molar-refractivity contribution in [1.29, 1.82) is 0 Å². The van der Waals surface area contributed by atoms with Crippen LogP contribution in [-0.4, -0.2) is 27.5 Å². The lowest BCUT2D eigenvalue weighted by Crippen LogP contribution is -2.11. The van der Waals surface area contributed by atoms with Crippen LogP contribution in [0.5, 0.6) is 5.75 Å². The lowest BCUT2D eigenvalue weighted by molar-refractivity contribution is 0.339. The van der Waals surface area contributed by atoms with E-state index < -0.39 is 22.3 Å². The third-order valence-electron chi connectivity index (χ3n) is 1.98. The third kappa shape index (κ3) is 2.85. The van der Waals surface area contributed by atoms with Gasteiger partial charge in [-0.1, -0.05) is 0 Å². The molecule has 0 aromatic heterocycles. The van der Waals surface area contributed by atoms with Gasteiger partial charge in [0.05, 0.1) is 22.9 Å². The molecule has 16 heavy (non-hydrogen) atoms. The molecule has 0 aliphatic heterocycles. The Morgan fingerprint density at radius 1 is 1.44 bits per heavy atom. The number of halogens is 1. The van der Waals surface area contributed by atoms with Crippen LogP contribution in [0.25, 0.3) is 0 Å². The minimum absolute atomic E-state index is 0.0731. The number of nitrogen functional groups attached to an aromatic ring is 1. The van der Waals surface area contributed by atoms with Crippen molar-refractivity contribution in [1.82, 2.24) is 0 Å². The minimum atomic E-state index is -3.66. The van der Waals surface area contributed by atoms with Gasteiger partial charge in [-0.2, -0.15) is 0 Å². The summed E-state index contributed by atoms with van der Waals surface area (Å²) < 4.78 is 40.5. The maximum absolute atomic E-state index is 12.1. The SMILES string of the molecule is CCOc1ccc(N)c(S(=O)(=O)CCF)c1. The average Bonchev–Trinajstić information content (AvgIpc) is 2.21. The maximum Gasteiger partial charge on any atom is 0.183 e. The zero-order valence-electron chi connectivity index (χ0n) is 8.94. The Balaban J connectivity index is 3.16. The predicted molar refractivity (Wildman–Crippen MR) is 60.1 cm³/mol. The van der Waals surface area contributed by atoms with E-state index in [0.29, 0.717) is 12.4 Å². The first-order valence-electron chi connectivity index (χ1n) is 4.82. The molecule has 90 valence electrons. The van der Waals surface area contributed by atoms with Gasteiger partial charge in [0.1, 0.15) is 12.4 Å². The molecule has 1 rings (SSSR count). The summed E-state index contributed by atoms with van der Waals surface area (Å²) in [6.45, 7) is 1.28. The monoisotopic (exact) mass is 247 g/mol. The van der Waals surface area contributed by atoms with E-state index in [1.165, 1.54) is 12.1 Å². The molecule has 0 aliphatic carbocycles. The molecule has 0 amide bonds. The minimum Gasteiger partial charge on any atom is -0.494 e. The molecule has 2 N–H and O–H groups in total. The van der Waals surface area contributed by atoms with Gasteiger partial charge in [-0.05, 0) is 19.1 Å². The van der Waals surface area contributed by atoms with Gasteiger partial charge in [-0.25, -0.2) is 12.8 Å². The summed E-state index contributed by atoms with van der Waals surface area (Å²) in [6, 6.07) is 4.34. The molecule has 0 heterocycles. The first-order valence-corrected chi connectivity index (χ1v) is 6.47. The topological polar surface area (TPSA) is 69.4 Å². The predicted octanol–water partition coefficient (Wildman–Crippen LogP) is 1.41. The number of nitrogens with two attached hydrogens (primary N) is 1. The highest BCUT2D eigenvalue weighted by molar-refractivity contribution is 7.91. The van der Waals surface area contributed by atoms with Crippen LogP contribution in [0.15, 0.2) is 23.1 Å². The molecule has 4 nitrogen and oxygen atoms in total. The van der Waals surface area contributed by atoms with Crippen LogP contribution in [0.4, 0.5) is 10.1 Å². The number of anilines is 1. The van der Waals surface area contributed by atoms with Gasteiger partial charge in [0.2, 0.25) is 0 Å². The zero-order chi connectivity index (χ0) is 12.2. The van der Waals surface area contributed by atoms with E-state index in [9.17, 15) is 12.8 Å².